The maximum atomic E-state index is 2.41. The van der Waals surface area contributed by atoms with Crippen LogP contribution in [0.4, 0.5) is 0 Å². The van der Waals surface area contributed by atoms with Crippen LogP contribution in [0, 0.1) is 0 Å². The van der Waals surface area contributed by atoms with Gasteiger partial charge in [0.15, 0.2) is 0 Å². The number of fused-ring (bicyclic) bond motifs is 8. The van der Waals surface area contributed by atoms with Gasteiger partial charge in [-0.2, -0.15) is 0 Å². The lowest BCUT2D eigenvalue weighted by molar-refractivity contribution is 1.18. The summed E-state index contributed by atoms with van der Waals surface area (Å²) in [4.78, 5) is 0. The number of nitrogens with zero attached hydrogens (tertiary/aromatic N) is 1. The lowest BCUT2D eigenvalue weighted by Crippen LogP contribution is -1.94. The van der Waals surface area contributed by atoms with Crippen LogP contribution in [0.2, 0.25) is 0 Å². The quantitative estimate of drug-likeness (QED) is 0.141. The molecular formula is C46H29N. The average Bonchev–Trinajstić information content (AvgIpc) is 3.47. The Morgan fingerprint density at radius 1 is 0.298 bits per heavy atom. The first-order valence-electron chi connectivity index (χ1n) is 16.3. The minimum atomic E-state index is 1.17. The molecule has 0 saturated carbocycles. The fraction of sp³-hybridized carbons (Fsp3) is 0. The van der Waals surface area contributed by atoms with E-state index in [1.165, 1.54) is 92.8 Å². The highest BCUT2D eigenvalue weighted by Crippen LogP contribution is 2.47. The van der Waals surface area contributed by atoms with Crippen LogP contribution >= 0.6 is 0 Å². The molecule has 10 rings (SSSR count). The van der Waals surface area contributed by atoms with E-state index in [0.29, 0.717) is 0 Å². The first-order chi connectivity index (χ1) is 23.3. The largest absolute Gasteiger partial charge is 0.309 e. The first kappa shape index (κ1) is 26.1. The molecule has 9 aromatic carbocycles. The van der Waals surface area contributed by atoms with Gasteiger partial charge in [0.2, 0.25) is 0 Å². The van der Waals surface area contributed by atoms with Gasteiger partial charge in [0.1, 0.15) is 0 Å². The monoisotopic (exact) mass is 595 g/mol. The molecule has 0 unspecified atom stereocenters. The third-order valence-corrected chi connectivity index (χ3v) is 9.95. The molecule has 47 heavy (non-hydrogen) atoms. The van der Waals surface area contributed by atoms with Crippen LogP contribution in [0.25, 0.3) is 92.8 Å². The molecule has 0 fully saturated rings. The molecule has 10 aromatic rings. The Kier molecular flexibility index (Phi) is 5.64. The summed E-state index contributed by atoms with van der Waals surface area (Å²) < 4.78 is 2.41. The number of aromatic nitrogens is 1. The number of hydrogen-bond acceptors (Lipinski definition) is 0. The van der Waals surface area contributed by atoms with E-state index in [0.717, 1.165) is 0 Å². The molecule has 218 valence electrons. The SMILES string of the molecule is c1ccc(-n2c3ccccc3c3ccc(-c4c5ccccc5c(-c5cc6ccccc6c6ccccc56)c5ccccc45)cc32)cc1. The second-order valence-electron chi connectivity index (χ2n) is 12.5. The number of rotatable bonds is 3. The highest BCUT2D eigenvalue weighted by atomic mass is 15.0. The topological polar surface area (TPSA) is 4.93 Å². The number of para-hydroxylation sites is 2. The lowest BCUT2D eigenvalue weighted by atomic mass is 9.83. The summed E-state index contributed by atoms with van der Waals surface area (Å²) in [5, 5.41) is 12.7. The van der Waals surface area contributed by atoms with Crippen LogP contribution in [0.15, 0.2) is 176 Å². The highest BCUT2D eigenvalue weighted by molar-refractivity contribution is 6.26. The van der Waals surface area contributed by atoms with Crippen LogP contribution < -0.4 is 0 Å². The van der Waals surface area contributed by atoms with E-state index in [1.54, 1.807) is 0 Å². The molecule has 0 aliphatic carbocycles. The third kappa shape index (κ3) is 3.84. The summed E-state index contributed by atoms with van der Waals surface area (Å²) in [6, 6.07) is 64.5. The smallest absolute Gasteiger partial charge is 0.0547 e. The maximum absolute atomic E-state index is 2.41. The second-order valence-corrected chi connectivity index (χ2v) is 12.5. The van der Waals surface area contributed by atoms with Gasteiger partial charge in [0, 0.05) is 16.5 Å². The Balaban J connectivity index is 1.33. The van der Waals surface area contributed by atoms with Crippen molar-refractivity contribution in [3.8, 4) is 27.9 Å². The number of hydrogen-bond donors (Lipinski definition) is 0. The number of benzene rings is 9. The molecular weight excluding hydrogens is 567 g/mol. The zero-order chi connectivity index (χ0) is 30.9. The third-order valence-electron chi connectivity index (χ3n) is 9.95. The first-order valence-corrected chi connectivity index (χ1v) is 16.3. The van der Waals surface area contributed by atoms with Gasteiger partial charge in [-0.05, 0) is 95.7 Å². The second kappa shape index (κ2) is 10.2. The Hall–Kier alpha value is -6.18. The van der Waals surface area contributed by atoms with Crippen LogP contribution in [0.3, 0.4) is 0 Å². The van der Waals surface area contributed by atoms with E-state index in [9.17, 15) is 0 Å². The Bertz CT molecular complexity index is 2780. The van der Waals surface area contributed by atoms with Crippen molar-refractivity contribution in [3.05, 3.63) is 176 Å². The van der Waals surface area contributed by atoms with Crippen LogP contribution in [-0.4, -0.2) is 4.57 Å². The van der Waals surface area contributed by atoms with Crippen LogP contribution in [0.1, 0.15) is 0 Å². The van der Waals surface area contributed by atoms with Gasteiger partial charge in [-0.15, -0.1) is 0 Å². The summed E-state index contributed by atoms with van der Waals surface area (Å²) >= 11 is 0. The molecule has 0 bridgehead atoms. The van der Waals surface area contributed by atoms with E-state index < -0.39 is 0 Å². The van der Waals surface area contributed by atoms with E-state index in [-0.39, 0.29) is 0 Å². The van der Waals surface area contributed by atoms with Crippen molar-refractivity contribution in [3.63, 3.8) is 0 Å². The highest BCUT2D eigenvalue weighted by Gasteiger charge is 2.20. The summed E-state index contributed by atoms with van der Waals surface area (Å²) in [6.07, 6.45) is 0. The molecule has 1 nitrogen and oxygen atoms in total. The summed E-state index contributed by atoms with van der Waals surface area (Å²) in [5.74, 6) is 0. The van der Waals surface area contributed by atoms with Crippen molar-refractivity contribution in [2.75, 3.05) is 0 Å². The van der Waals surface area contributed by atoms with E-state index in [1.807, 2.05) is 0 Å². The summed E-state index contributed by atoms with van der Waals surface area (Å²) in [5.41, 5.74) is 8.67. The zero-order valence-corrected chi connectivity index (χ0v) is 25.7. The standard InChI is InChI=1S/C46H29N/c1-2-15-32(16-3-1)47-43-25-13-12-20-36(43)37-27-26-31(29-44(37)47)45-38-21-8-10-23-40(38)46(41-24-11-9-22-39(41)45)42-28-30-14-4-5-17-33(30)34-18-6-7-19-35(34)42/h1-29H. The van der Waals surface area contributed by atoms with Gasteiger partial charge < -0.3 is 4.57 Å². The molecule has 1 aromatic heterocycles. The molecule has 0 aliphatic rings. The van der Waals surface area contributed by atoms with Gasteiger partial charge in [-0.1, -0.05) is 146 Å². The minimum absolute atomic E-state index is 1.17. The van der Waals surface area contributed by atoms with Crippen molar-refractivity contribution >= 4 is 64.9 Å². The van der Waals surface area contributed by atoms with Gasteiger partial charge in [-0.3, -0.25) is 0 Å². The predicted octanol–water partition coefficient (Wildman–Crippen LogP) is 12.7. The molecule has 0 saturated heterocycles. The van der Waals surface area contributed by atoms with Crippen molar-refractivity contribution in [1.82, 2.24) is 4.57 Å². The van der Waals surface area contributed by atoms with E-state index in [2.05, 4.69) is 180 Å². The molecule has 0 atom stereocenters. The predicted molar refractivity (Wildman–Crippen MR) is 202 cm³/mol. The Morgan fingerprint density at radius 3 is 1.51 bits per heavy atom. The minimum Gasteiger partial charge on any atom is -0.309 e. The maximum Gasteiger partial charge on any atom is 0.0547 e. The molecule has 0 spiro atoms. The summed E-state index contributed by atoms with van der Waals surface area (Å²) in [6.45, 7) is 0. The summed E-state index contributed by atoms with van der Waals surface area (Å²) in [7, 11) is 0. The molecule has 0 radical (unpaired) electrons. The van der Waals surface area contributed by atoms with Gasteiger partial charge in [0.05, 0.1) is 11.0 Å². The molecule has 0 amide bonds. The Labute approximate surface area is 272 Å². The zero-order valence-electron chi connectivity index (χ0n) is 25.7. The average molecular weight is 596 g/mol. The van der Waals surface area contributed by atoms with Crippen molar-refractivity contribution in [2.45, 2.75) is 0 Å². The molecule has 0 aliphatic heterocycles. The molecule has 0 N–H and O–H groups in total. The molecule has 1 heterocycles. The van der Waals surface area contributed by atoms with E-state index >= 15 is 0 Å². The van der Waals surface area contributed by atoms with Gasteiger partial charge >= 0.3 is 0 Å². The fourth-order valence-electron chi connectivity index (χ4n) is 7.97. The molecule has 1 heteroatoms. The van der Waals surface area contributed by atoms with E-state index in [4.69, 9.17) is 0 Å². The normalized spacial score (nSPS) is 11.8. The fourth-order valence-corrected chi connectivity index (χ4v) is 7.97. The lowest BCUT2D eigenvalue weighted by Gasteiger charge is -2.20. The van der Waals surface area contributed by atoms with Crippen molar-refractivity contribution in [1.29, 1.82) is 0 Å². The Morgan fingerprint density at radius 2 is 0.809 bits per heavy atom. The van der Waals surface area contributed by atoms with Crippen molar-refractivity contribution < 1.29 is 0 Å². The van der Waals surface area contributed by atoms with Crippen molar-refractivity contribution in [2.24, 2.45) is 0 Å². The van der Waals surface area contributed by atoms with Crippen LogP contribution in [-0.2, 0) is 0 Å². The van der Waals surface area contributed by atoms with Gasteiger partial charge in [-0.25, -0.2) is 0 Å². The van der Waals surface area contributed by atoms with Crippen LogP contribution in [0.5, 0.6) is 0 Å². The van der Waals surface area contributed by atoms with Gasteiger partial charge in [0.25, 0.3) is 0 Å².